The monoisotopic (exact) mass is 259 g/mol. The predicted octanol–water partition coefficient (Wildman–Crippen LogP) is 1.71. The highest BCUT2D eigenvalue weighted by Crippen LogP contribution is 2.17. The Morgan fingerprint density at radius 3 is 3.00 bits per heavy atom. The first-order valence-electron chi connectivity index (χ1n) is 7.04. The molecule has 0 spiro atoms. The van der Waals surface area contributed by atoms with Crippen LogP contribution in [0, 0.1) is 11.3 Å². The van der Waals surface area contributed by atoms with E-state index in [-0.39, 0.29) is 0 Å². The molecule has 1 aliphatic heterocycles. The molecule has 1 aromatic heterocycles. The van der Waals surface area contributed by atoms with Crippen LogP contribution in [0.1, 0.15) is 38.3 Å². The zero-order valence-corrected chi connectivity index (χ0v) is 11.5. The molecule has 0 saturated carbocycles. The van der Waals surface area contributed by atoms with E-state index in [2.05, 4.69) is 33.2 Å². The number of nitrogens with one attached hydrogen (secondary N) is 1. The van der Waals surface area contributed by atoms with Gasteiger partial charge in [-0.05, 0) is 25.8 Å². The van der Waals surface area contributed by atoms with Crippen molar-refractivity contribution in [2.75, 3.05) is 24.5 Å². The van der Waals surface area contributed by atoms with Crippen LogP contribution in [0.5, 0.6) is 0 Å². The average molecular weight is 259 g/mol. The zero-order chi connectivity index (χ0) is 13.5. The van der Waals surface area contributed by atoms with Gasteiger partial charge in [0, 0.05) is 31.5 Å². The highest BCUT2D eigenvalue weighted by molar-refractivity contribution is 5.49. The molecular weight excluding hydrogens is 238 g/mol. The van der Waals surface area contributed by atoms with Gasteiger partial charge in [-0.1, -0.05) is 13.3 Å². The van der Waals surface area contributed by atoms with Gasteiger partial charge < -0.3 is 10.2 Å². The van der Waals surface area contributed by atoms with Gasteiger partial charge in [0.25, 0.3) is 0 Å². The van der Waals surface area contributed by atoms with Crippen LogP contribution in [0.4, 0.5) is 5.82 Å². The quantitative estimate of drug-likeness (QED) is 0.842. The second kappa shape index (κ2) is 7.05. The van der Waals surface area contributed by atoms with E-state index in [1.54, 1.807) is 12.4 Å². The molecule has 102 valence electrons. The van der Waals surface area contributed by atoms with E-state index >= 15 is 0 Å². The number of unbranched alkanes of at least 4 members (excludes halogenated alkanes) is 1. The molecule has 1 unspecified atom stereocenters. The standard InChI is InChI=1S/C14H21N5/c1-2-3-9-19(11-12-5-4-6-16-12)14-13(10-15)17-7-8-18-14/h7-8,12,16H,2-6,9,11H2,1H3. The number of aromatic nitrogens is 2. The fourth-order valence-electron chi connectivity index (χ4n) is 2.45. The summed E-state index contributed by atoms with van der Waals surface area (Å²) < 4.78 is 0. The average Bonchev–Trinajstić information content (AvgIpc) is 2.96. The minimum atomic E-state index is 0.427. The lowest BCUT2D eigenvalue weighted by atomic mass is 10.2. The summed E-state index contributed by atoms with van der Waals surface area (Å²) in [5.41, 5.74) is 0.427. The largest absolute Gasteiger partial charge is 0.353 e. The second-order valence-electron chi connectivity index (χ2n) is 4.93. The van der Waals surface area contributed by atoms with E-state index in [0.29, 0.717) is 11.7 Å². The highest BCUT2D eigenvalue weighted by Gasteiger charge is 2.20. The van der Waals surface area contributed by atoms with Crippen molar-refractivity contribution in [1.82, 2.24) is 15.3 Å². The van der Waals surface area contributed by atoms with Gasteiger partial charge in [-0.2, -0.15) is 5.26 Å². The maximum absolute atomic E-state index is 9.16. The van der Waals surface area contributed by atoms with Crippen LogP contribution in [0.15, 0.2) is 12.4 Å². The van der Waals surface area contributed by atoms with Gasteiger partial charge >= 0.3 is 0 Å². The third-order valence-electron chi connectivity index (χ3n) is 3.47. The van der Waals surface area contributed by atoms with E-state index < -0.39 is 0 Å². The number of rotatable bonds is 6. The van der Waals surface area contributed by atoms with Gasteiger partial charge in [0.05, 0.1) is 0 Å². The molecule has 5 nitrogen and oxygen atoms in total. The molecule has 0 aromatic carbocycles. The number of anilines is 1. The number of hydrogen-bond donors (Lipinski definition) is 1. The molecule has 1 atom stereocenters. The Hall–Kier alpha value is -1.67. The van der Waals surface area contributed by atoms with Crippen LogP contribution >= 0.6 is 0 Å². The molecule has 1 saturated heterocycles. The van der Waals surface area contributed by atoms with Crippen LogP contribution in [-0.2, 0) is 0 Å². The summed E-state index contributed by atoms with van der Waals surface area (Å²) in [6, 6.07) is 2.65. The van der Waals surface area contributed by atoms with Crippen molar-refractivity contribution in [2.24, 2.45) is 0 Å². The van der Waals surface area contributed by atoms with Crippen LogP contribution in [0.25, 0.3) is 0 Å². The molecule has 1 aromatic rings. The Kier molecular flexibility index (Phi) is 5.10. The smallest absolute Gasteiger partial charge is 0.183 e. The summed E-state index contributed by atoms with van der Waals surface area (Å²) in [7, 11) is 0. The van der Waals surface area contributed by atoms with Gasteiger partial charge in [0.15, 0.2) is 11.5 Å². The lowest BCUT2D eigenvalue weighted by molar-refractivity contribution is 0.568. The number of hydrogen-bond acceptors (Lipinski definition) is 5. The molecule has 5 heteroatoms. The molecule has 0 amide bonds. The number of nitriles is 1. The first-order chi connectivity index (χ1) is 9.35. The van der Waals surface area contributed by atoms with Gasteiger partial charge in [0.2, 0.25) is 0 Å². The topological polar surface area (TPSA) is 64.8 Å². The molecule has 1 aliphatic rings. The van der Waals surface area contributed by atoms with E-state index in [1.165, 1.54) is 12.8 Å². The minimum Gasteiger partial charge on any atom is -0.353 e. The van der Waals surface area contributed by atoms with Gasteiger partial charge in [-0.15, -0.1) is 0 Å². The Balaban J connectivity index is 2.13. The molecule has 19 heavy (non-hydrogen) atoms. The molecule has 2 rings (SSSR count). The highest BCUT2D eigenvalue weighted by atomic mass is 15.2. The van der Waals surface area contributed by atoms with E-state index in [0.717, 1.165) is 38.3 Å². The van der Waals surface area contributed by atoms with E-state index in [4.69, 9.17) is 5.26 Å². The fourth-order valence-corrected chi connectivity index (χ4v) is 2.45. The second-order valence-corrected chi connectivity index (χ2v) is 4.93. The van der Waals surface area contributed by atoms with E-state index in [1.807, 2.05) is 0 Å². The van der Waals surface area contributed by atoms with Gasteiger partial charge in [-0.3, -0.25) is 0 Å². The zero-order valence-electron chi connectivity index (χ0n) is 11.5. The summed E-state index contributed by atoms with van der Waals surface area (Å²) in [6.45, 7) is 5.11. The Labute approximate surface area is 114 Å². The van der Waals surface area contributed by atoms with Crippen molar-refractivity contribution in [3.05, 3.63) is 18.1 Å². The SMILES string of the molecule is CCCCN(CC1CCCN1)c1nccnc1C#N. The van der Waals surface area contributed by atoms with Crippen molar-refractivity contribution in [1.29, 1.82) is 5.26 Å². The summed E-state index contributed by atoms with van der Waals surface area (Å²) in [5, 5.41) is 12.7. The first kappa shape index (κ1) is 13.8. The van der Waals surface area contributed by atoms with Crippen LogP contribution in [0.3, 0.4) is 0 Å². The Bertz CT molecular complexity index is 434. The molecular formula is C14H21N5. The molecule has 0 radical (unpaired) electrons. The minimum absolute atomic E-state index is 0.427. The number of nitrogens with zero attached hydrogens (tertiary/aromatic N) is 4. The van der Waals surface area contributed by atoms with Crippen molar-refractivity contribution in [3.63, 3.8) is 0 Å². The van der Waals surface area contributed by atoms with Crippen molar-refractivity contribution in [2.45, 2.75) is 38.6 Å². The third-order valence-corrected chi connectivity index (χ3v) is 3.47. The first-order valence-corrected chi connectivity index (χ1v) is 7.04. The Morgan fingerprint density at radius 1 is 1.47 bits per heavy atom. The van der Waals surface area contributed by atoms with Crippen molar-refractivity contribution >= 4 is 5.82 Å². The van der Waals surface area contributed by atoms with Gasteiger partial charge in [-0.25, -0.2) is 9.97 Å². The Morgan fingerprint density at radius 2 is 2.32 bits per heavy atom. The van der Waals surface area contributed by atoms with E-state index in [9.17, 15) is 0 Å². The maximum atomic E-state index is 9.16. The fraction of sp³-hybridized carbons (Fsp3) is 0.643. The molecule has 2 heterocycles. The van der Waals surface area contributed by atoms with Crippen LogP contribution in [-0.4, -0.2) is 35.6 Å². The van der Waals surface area contributed by atoms with Gasteiger partial charge in [0.1, 0.15) is 6.07 Å². The summed E-state index contributed by atoms with van der Waals surface area (Å²) >= 11 is 0. The predicted molar refractivity (Wildman–Crippen MR) is 74.9 cm³/mol. The lowest BCUT2D eigenvalue weighted by Gasteiger charge is -2.27. The summed E-state index contributed by atoms with van der Waals surface area (Å²) in [6.07, 6.45) is 7.92. The maximum Gasteiger partial charge on any atom is 0.183 e. The lowest BCUT2D eigenvalue weighted by Crippen LogP contribution is -2.39. The van der Waals surface area contributed by atoms with Crippen molar-refractivity contribution in [3.8, 4) is 6.07 Å². The van der Waals surface area contributed by atoms with Crippen molar-refractivity contribution < 1.29 is 0 Å². The molecule has 1 fully saturated rings. The molecule has 0 aliphatic carbocycles. The molecule has 1 N–H and O–H groups in total. The third kappa shape index (κ3) is 3.65. The summed E-state index contributed by atoms with van der Waals surface area (Å²) in [5.74, 6) is 0.729. The summed E-state index contributed by atoms with van der Waals surface area (Å²) in [4.78, 5) is 10.7. The molecule has 0 bridgehead atoms. The normalized spacial score (nSPS) is 18.2. The van der Waals surface area contributed by atoms with Crippen LogP contribution in [0.2, 0.25) is 0 Å². The van der Waals surface area contributed by atoms with Crippen LogP contribution < -0.4 is 10.2 Å².